The van der Waals surface area contributed by atoms with Crippen molar-refractivity contribution >= 4 is 0 Å². The molecular formula is C9H20N2O. The highest BCUT2D eigenvalue weighted by molar-refractivity contribution is 4.75. The van der Waals surface area contributed by atoms with Crippen molar-refractivity contribution in [2.24, 2.45) is 0 Å². The van der Waals surface area contributed by atoms with Crippen molar-refractivity contribution in [3.63, 3.8) is 0 Å². The van der Waals surface area contributed by atoms with Gasteiger partial charge in [0.25, 0.3) is 0 Å². The average Bonchev–Trinajstić information content (AvgIpc) is 2.15. The fraction of sp³-hybridized carbons (Fsp3) is 1.00. The van der Waals surface area contributed by atoms with Crippen LogP contribution in [0.25, 0.3) is 0 Å². The number of rotatable bonds is 4. The molecule has 0 atom stereocenters. The molecule has 0 aromatic carbocycles. The normalized spacial score (nSPS) is 21.5. The lowest BCUT2D eigenvalue weighted by atomic mass is 10.1. The van der Waals surface area contributed by atoms with Gasteiger partial charge >= 0.3 is 0 Å². The number of methoxy groups -OCH3 is 1. The number of likely N-dealkylation sites (tertiary alicyclic amines) is 1. The van der Waals surface area contributed by atoms with Crippen LogP contribution >= 0.6 is 0 Å². The van der Waals surface area contributed by atoms with E-state index in [4.69, 9.17) is 4.74 Å². The Balaban J connectivity index is 2.09. The van der Waals surface area contributed by atoms with Crippen molar-refractivity contribution in [2.75, 3.05) is 40.4 Å². The van der Waals surface area contributed by atoms with Gasteiger partial charge < -0.3 is 15.0 Å². The second-order valence-electron chi connectivity index (χ2n) is 3.40. The Hall–Kier alpha value is -0.120. The van der Waals surface area contributed by atoms with E-state index in [1.54, 1.807) is 7.11 Å². The van der Waals surface area contributed by atoms with Gasteiger partial charge in [-0.05, 0) is 33.0 Å². The van der Waals surface area contributed by atoms with E-state index in [0.29, 0.717) is 0 Å². The Morgan fingerprint density at radius 3 is 2.58 bits per heavy atom. The minimum atomic E-state index is 0.740. The topological polar surface area (TPSA) is 24.5 Å². The summed E-state index contributed by atoms with van der Waals surface area (Å²) in [5.74, 6) is 0. The smallest absolute Gasteiger partial charge is 0.0589 e. The van der Waals surface area contributed by atoms with Crippen molar-refractivity contribution in [1.29, 1.82) is 0 Å². The fourth-order valence-electron chi connectivity index (χ4n) is 1.67. The number of hydrogen-bond donors (Lipinski definition) is 1. The zero-order valence-electron chi connectivity index (χ0n) is 8.18. The number of nitrogens with one attached hydrogen (secondary N) is 1. The molecule has 0 spiro atoms. The summed E-state index contributed by atoms with van der Waals surface area (Å²) < 4.78 is 5.04. The summed E-state index contributed by atoms with van der Waals surface area (Å²) in [6.07, 6.45) is 2.56. The summed E-state index contributed by atoms with van der Waals surface area (Å²) in [4.78, 5) is 2.47. The van der Waals surface area contributed by atoms with Crippen LogP contribution in [0.3, 0.4) is 0 Å². The number of ether oxygens (including phenoxy) is 1. The maximum Gasteiger partial charge on any atom is 0.0589 e. The van der Waals surface area contributed by atoms with Crippen LogP contribution in [0.4, 0.5) is 0 Å². The van der Waals surface area contributed by atoms with Crippen molar-refractivity contribution in [1.82, 2.24) is 10.2 Å². The second kappa shape index (κ2) is 5.51. The lowest BCUT2D eigenvalue weighted by Gasteiger charge is -2.31. The molecule has 0 amide bonds. The van der Waals surface area contributed by atoms with Crippen molar-refractivity contribution < 1.29 is 4.74 Å². The molecule has 12 heavy (non-hydrogen) atoms. The maximum absolute atomic E-state index is 5.04. The molecule has 0 saturated carbocycles. The van der Waals surface area contributed by atoms with Crippen molar-refractivity contribution in [3.8, 4) is 0 Å². The summed E-state index contributed by atoms with van der Waals surface area (Å²) in [6.45, 7) is 4.39. The molecule has 72 valence electrons. The quantitative estimate of drug-likeness (QED) is 0.661. The molecule has 0 bridgehead atoms. The van der Waals surface area contributed by atoms with Gasteiger partial charge in [-0.15, -0.1) is 0 Å². The van der Waals surface area contributed by atoms with Gasteiger partial charge in [-0.2, -0.15) is 0 Å². The molecular weight excluding hydrogens is 152 g/mol. The maximum atomic E-state index is 5.04. The molecule has 1 heterocycles. The van der Waals surface area contributed by atoms with E-state index in [1.807, 2.05) is 0 Å². The van der Waals surface area contributed by atoms with E-state index in [0.717, 1.165) is 19.2 Å². The minimum Gasteiger partial charge on any atom is -0.383 e. The Kier molecular flexibility index (Phi) is 4.58. The molecule has 1 aliphatic heterocycles. The number of piperidine rings is 1. The zero-order chi connectivity index (χ0) is 8.81. The first-order valence-electron chi connectivity index (χ1n) is 4.75. The third kappa shape index (κ3) is 3.09. The standard InChI is InChI=1S/C9H20N2O/c1-10-9-3-5-11(6-4-9)7-8-12-2/h9-10H,3-8H2,1-2H3. The van der Waals surface area contributed by atoms with E-state index in [1.165, 1.54) is 25.9 Å². The van der Waals surface area contributed by atoms with Crippen LogP contribution in [0, 0.1) is 0 Å². The van der Waals surface area contributed by atoms with Crippen LogP contribution in [-0.2, 0) is 4.74 Å². The van der Waals surface area contributed by atoms with Gasteiger partial charge in [0.05, 0.1) is 6.61 Å². The van der Waals surface area contributed by atoms with E-state index in [2.05, 4.69) is 17.3 Å². The first-order chi connectivity index (χ1) is 5.86. The predicted molar refractivity (Wildman–Crippen MR) is 50.4 cm³/mol. The van der Waals surface area contributed by atoms with Crippen molar-refractivity contribution in [3.05, 3.63) is 0 Å². The highest BCUT2D eigenvalue weighted by Crippen LogP contribution is 2.08. The van der Waals surface area contributed by atoms with Crippen LogP contribution in [0.15, 0.2) is 0 Å². The Bertz CT molecular complexity index is 111. The van der Waals surface area contributed by atoms with E-state index >= 15 is 0 Å². The molecule has 1 rings (SSSR count). The van der Waals surface area contributed by atoms with Gasteiger partial charge in [0.15, 0.2) is 0 Å². The number of nitrogens with zero attached hydrogens (tertiary/aromatic N) is 1. The first-order valence-corrected chi connectivity index (χ1v) is 4.75. The Labute approximate surface area is 75.1 Å². The van der Waals surface area contributed by atoms with E-state index in [9.17, 15) is 0 Å². The van der Waals surface area contributed by atoms with Crippen LogP contribution < -0.4 is 5.32 Å². The van der Waals surface area contributed by atoms with Crippen molar-refractivity contribution in [2.45, 2.75) is 18.9 Å². The molecule has 3 heteroatoms. The monoisotopic (exact) mass is 172 g/mol. The molecule has 1 saturated heterocycles. The molecule has 1 aliphatic rings. The van der Waals surface area contributed by atoms with E-state index in [-0.39, 0.29) is 0 Å². The fourth-order valence-corrected chi connectivity index (χ4v) is 1.67. The predicted octanol–water partition coefficient (Wildman–Crippen LogP) is 0.317. The van der Waals surface area contributed by atoms with Gasteiger partial charge in [-0.1, -0.05) is 0 Å². The van der Waals surface area contributed by atoms with Crippen LogP contribution in [0.1, 0.15) is 12.8 Å². The summed E-state index contributed by atoms with van der Waals surface area (Å²) in [5, 5.41) is 3.32. The van der Waals surface area contributed by atoms with Crippen LogP contribution in [-0.4, -0.2) is 51.3 Å². The van der Waals surface area contributed by atoms with Gasteiger partial charge in [0.1, 0.15) is 0 Å². The summed E-state index contributed by atoms with van der Waals surface area (Å²) >= 11 is 0. The van der Waals surface area contributed by atoms with Gasteiger partial charge in [0.2, 0.25) is 0 Å². The molecule has 0 radical (unpaired) electrons. The summed E-state index contributed by atoms with van der Waals surface area (Å²) in [7, 11) is 3.82. The van der Waals surface area contributed by atoms with Gasteiger partial charge in [-0.3, -0.25) is 0 Å². The number of hydrogen-bond acceptors (Lipinski definition) is 3. The van der Waals surface area contributed by atoms with Gasteiger partial charge in [-0.25, -0.2) is 0 Å². The molecule has 0 aliphatic carbocycles. The Morgan fingerprint density at radius 2 is 2.08 bits per heavy atom. The van der Waals surface area contributed by atoms with Crippen LogP contribution in [0.5, 0.6) is 0 Å². The molecule has 3 nitrogen and oxygen atoms in total. The lowest BCUT2D eigenvalue weighted by Crippen LogP contribution is -2.42. The largest absolute Gasteiger partial charge is 0.383 e. The lowest BCUT2D eigenvalue weighted by molar-refractivity contribution is 0.127. The average molecular weight is 172 g/mol. The van der Waals surface area contributed by atoms with Gasteiger partial charge in [0, 0.05) is 19.7 Å². The van der Waals surface area contributed by atoms with Crippen LogP contribution in [0.2, 0.25) is 0 Å². The Morgan fingerprint density at radius 1 is 1.42 bits per heavy atom. The molecule has 0 unspecified atom stereocenters. The summed E-state index contributed by atoms with van der Waals surface area (Å²) in [6, 6.07) is 0.740. The highest BCUT2D eigenvalue weighted by atomic mass is 16.5. The third-order valence-electron chi connectivity index (χ3n) is 2.61. The highest BCUT2D eigenvalue weighted by Gasteiger charge is 2.16. The first kappa shape index (κ1) is 9.96. The minimum absolute atomic E-state index is 0.740. The molecule has 1 N–H and O–H groups in total. The second-order valence-corrected chi connectivity index (χ2v) is 3.40. The SMILES string of the molecule is CNC1CCN(CCOC)CC1. The van der Waals surface area contributed by atoms with E-state index < -0.39 is 0 Å². The summed E-state index contributed by atoms with van der Waals surface area (Å²) in [5.41, 5.74) is 0. The molecule has 0 aromatic heterocycles. The molecule has 0 aromatic rings. The zero-order valence-corrected chi connectivity index (χ0v) is 8.18. The molecule has 1 fully saturated rings. The third-order valence-corrected chi connectivity index (χ3v) is 2.61.